The maximum Gasteiger partial charge on any atom is 0.0578 e. The normalized spacial score (nSPS) is 48.1. The molecule has 6 atom stereocenters. The Balaban J connectivity index is 1.82. The number of hydrogen-bond donors (Lipinski definition) is 0. The number of ether oxygens (including phenoxy) is 1. The van der Waals surface area contributed by atoms with Crippen LogP contribution >= 0.6 is 0 Å². The summed E-state index contributed by atoms with van der Waals surface area (Å²) in [5.41, 5.74) is 1.78. The molecule has 0 aromatic heterocycles. The lowest BCUT2D eigenvalue weighted by Crippen LogP contribution is -2.46. The molecule has 0 aromatic rings. The van der Waals surface area contributed by atoms with Gasteiger partial charge in [-0.3, -0.25) is 0 Å². The van der Waals surface area contributed by atoms with E-state index in [1.165, 1.54) is 32.1 Å². The first-order valence-corrected chi connectivity index (χ1v) is 8.01. The van der Waals surface area contributed by atoms with Crippen LogP contribution in [0.4, 0.5) is 0 Å². The summed E-state index contributed by atoms with van der Waals surface area (Å²) < 4.78 is 6.10. The highest BCUT2D eigenvalue weighted by atomic mass is 16.5. The van der Waals surface area contributed by atoms with Gasteiger partial charge in [-0.1, -0.05) is 31.9 Å². The number of rotatable bonds is 1. The highest BCUT2D eigenvalue weighted by molar-refractivity contribution is 5.17. The topological polar surface area (TPSA) is 9.23 Å². The van der Waals surface area contributed by atoms with Crippen molar-refractivity contribution >= 4 is 0 Å². The van der Waals surface area contributed by atoms with E-state index in [-0.39, 0.29) is 0 Å². The minimum atomic E-state index is 0.480. The monoisotopic (exact) mass is 248 g/mol. The van der Waals surface area contributed by atoms with Gasteiger partial charge >= 0.3 is 0 Å². The van der Waals surface area contributed by atoms with E-state index in [0.29, 0.717) is 6.10 Å². The van der Waals surface area contributed by atoms with E-state index in [0.717, 1.165) is 36.2 Å². The quantitative estimate of drug-likeness (QED) is 0.624. The summed E-state index contributed by atoms with van der Waals surface area (Å²) in [6.45, 7) is 8.07. The molecule has 18 heavy (non-hydrogen) atoms. The average Bonchev–Trinajstić information content (AvgIpc) is 2.37. The van der Waals surface area contributed by atoms with Gasteiger partial charge in [-0.25, -0.2) is 0 Å². The first-order valence-electron chi connectivity index (χ1n) is 8.01. The van der Waals surface area contributed by atoms with E-state index in [9.17, 15) is 0 Å². The lowest BCUT2D eigenvalue weighted by Gasteiger charge is -2.49. The summed E-state index contributed by atoms with van der Waals surface area (Å²) >= 11 is 0. The summed E-state index contributed by atoms with van der Waals surface area (Å²) in [6.07, 6.45) is 9.92. The van der Waals surface area contributed by atoms with Crippen LogP contribution in [-0.4, -0.2) is 12.7 Å². The van der Waals surface area contributed by atoms with Gasteiger partial charge in [0.2, 0.25) is 0 Å². The van der Waals surface area contributed by atoms with Gasteiger partial charge in [-0.2, -0.15) is 0 Å². The van der Waals surface area contributed by atoms with Crippen LogP contribution in [0, 0.1) is 29.6 Å². The molecule has 2 aliphatic carbocycles. The summed E-state index contributed by atoms with van der Waals surface area (Å²) in [4.78, 5) is 0. The highest BCUT2D eigenvalue weighted by Gasteiger charge is 2.44. The minimum absolute atomic E-state index is 0.480. The molecular weight excluding hydrogens is 220 g/mol. The molecule has 3 aliphatic rings. The van der Waals surface area contributed by atoms with Gasteiger partial charge in [0, 0.05) is 0 Å². The summed E-state index contributed by atoms with van der Waals surface area (Å²) in [5, 5.41) is 0. The SMILES string of the molecule is CCC1C(C)OCC2C3CCC(C)CC3=CCC12. The van der Waals surface area contributed by atoms with E-state index in [1.54, 1.807) is 5.57 Å². The van der Waals surface area contributed by atoms with Crippen molar-refractivity contribution in [3.63, 3.8) is 0 Å². The molecule has 0 radical (unpaired) electrons. The van der Waals surface area contributed by atoms with Gasteiger partial charge in [0.25, 0.3) is 0 Å². The lowest BCUT2D eigenvalue weighted by atomic mass is 9.60. The van der Waals surface area contributed by atoms with Crippen molar-refractivity contribution in [2.24, 2.45) is 29.6 Å². The standard InChI is InChI=1S/C17H28O/c1-4-14-12(3)18-10-17-15-7-5-11(2)9-13(15)6-8-16(14)17/h6,11-12,14-17H,4-5,7-10H2,1-3H3. The molecule has 2 fully saturated rings. The Morgan fingerprint density at radius 2 is 2.06 bits per heavy atom. The molecule has 0 bridgehead atoms. The first-order chi connectivity index (χ1) is 8.70. The second-order valence-electron chi connectivity index (χ2n) is 6.95. The third-order valence-electron chi connectivity index (χ3n) is 5.93. The van der Waals surface area contributed by atoms with Crippen molar-refractivity contribution in [3.8, 4) is 0 Å². The summed E-state index contributed by atoms with van der Waals surface area (Å²) in [5.74, 6) is 4.30. The van der Waals surface area contributed by atoms with Gasteiger partial charge in [0.15, 0.2) is 0 Å². The zero-order valence-electron chi connectivity index (χ0n) is 12.2. The molecule has 0 spiro atoms. The summed E-state index contributed by atoms with van der Waals surface area (Å²) in [7, 11) is 0. The first kappa shape index (κ1) is 12.7. The van der Waals surface area contributed by atoms with Crippen LogP contribution in [0.1, 0.15) is 52.9 Å². The maximum absolute atomic E-state index is 6.10. The zero-order valence-corrected chi connectivity index (χ0v) is 12.2. The predicted octanol–water partition coefficient (Wildman–Crippen LogP) is 4.43. The molecule has 1 nitrogen and oxygen atoms in total. The van der Waals surface area contributed by atoms with Crippen LogP contribution in [0.15, 0.2) is 11.6 Å². The fourth-order valence-corrected chi connectivity index (χ4v) is 4.89. The molecule has 6 unspecified atom stereocenters. The van der Waals surface area contributed by atoms with E-state index in [4.69, 9.17) is 4.74 Å². The number of fused-ring (bicyclic) bond motifs is 3. The van der Waals surface area contributed by atoms with Crippen LogP contribution < -0.4 is 0 Å². The predicted molar refractivity (Wildman–Crippen MR) is 75.4 cm³/mol. The van der Waals surface area contributed by atoms with Crippen molar-refractivity contribution in [1.82, 2.24) is 0 Å². The van der Waals surface area contributed by atoms with E-state index in [2.05, 4.69) is 26.8 Å². The molecule has 1 saturated heterocycles. The molecule has 0 N–H and O–H groups in total. The average molecular weight is 248 g/mol. The molecule has 1 saturated carbocycles. The molecule has 1 heterocycles. The smallest absolute Gasteiger partial charge is 0.0578 e. The van der Waals surface area contributed by atoms with Gasteiger partial charge in [-0.05, 0) is 62.2 Å². The Hall–Kier alpha value is -0.300. The second kappa shape index (κ2) is 5.00. The van der Waals surface area contributed by atoms with Gasteiger partial charge in [0.05, 0.1) is 12.7 Å². The third-order valence-corrected chi connectivity index (χ3v) is 5.93. The van der Waals surface area contributed by atoms with Crippen LogP contribution in [-0.2, 0) is 4.74 Å². The van der Waals surface area contributed by atoms with Crippen LogP contribution in [0.3, 0.4) is 0 Å². The maximum atomic E-state index is 6.10. The molecule has 3 rings (SSSR count). The Morgan fingerprint density at radius 3 is 2.83 bits per heavy atom. The van der Waals surface area contributed by atoms with E-state index in [1.807, 2.05) is 0 Å². The molecule has 1 heteroatoms. The fourth-order valence-electron chi connectivity index (χ4n) is 4.89. The van der Waals surface area contributed by atoms with Gasteiger partial charge in [0.1, 0.15) is 0 Å². The molecule has 0 amide bonds. The van der Waals surface area contributed by atoms with Gasteiger partial charge < -0.3 is 4.74 Å². The van der Waals surface area contributed by atoms with Crippen molar-refractivity contribution in [2.75, 3.05) is 6.61 Å². The number of hydrogen-bond acceptors (Lipinski definition) is 1. The Morgan fingerprint density at radius 1 is 1.22 bits per heavy atom. The third kappa shape index (κ3) is 2.05. The van der Waals surface area contributed by atoms with E-state index >= 15 is 0 Å². The second-order valence-corrected chi connectivity index (χ2v) is 6.95. The number of allylic oxidation sites excluding steroid dienone is 2. The lowest BCUT2D eigenvalue weighted by molar-refractivity contribution is -0.102. The Bertz CT molecular complexity index is 333. The fraction of sp³-hybridized carbons (Fsp3) is 0.882. The van der Waals surface area contributed by atoms with Gasteiger partial charge in [-0.15, -0.1) is 0 Å². The van der Waals surface area contributed by atoms with Crippen LogP contribution in [0.2, 0.25) is 0 Å². The summed E-state index contributed by atoms with van der Waals surface area (Å²) in [6, 6.07) is 0. The Kier molecular flexibility index (Phi) is 3.53. The molecular formula is C17H28O. The largest absolute Gasteiger partial charge is 0.378 e. The Labute approximate surface area is 112 Å². The van der Waals surface area contributed by atoms with Crippen molar-refractivity contribution < 1.29 is 4.74 Å². The highest BCUT2D eigenvalue weighted by Crippen LogP contribution is 2.50. The zero-order chi connectivity index (χ0) is 12.7. The van der Waals surface area contributed by atoms with Crippen LogP contribution in [0.25, 0.3) is 0 Å². The van der Waals surface area contributed by atoms with Crippen LogP contribution in [0.5, 0.6) is 0 Å². The van der Waals surface area contributed by atoms with Crippen molar-refractivity contribution in [3.05, 3.63) is 11.6 Å². The van der Waals surface area contributed by atoms with Crippen molar-refractivity contribution in [1.29, 1.82) is 0 Å². The van der Waals surface area contributed by atoms with E-state index < -0.39 is 0 Å². The minimum Gasteiger partial charge on any atom is -0.378 e. The molecule has 1 aliphatic heterocycles. The molecule has 0 aromatic carbocycles. The van der Waals surface area contributed by atoms with Crippen molar-refractivity contribution in [2.45, 2.75) is 59.0 Å². The molecule has 102 valence electrons.